The molecule has 29 heavy (non-hydrogen) atoms. The molecule has 1 atom stereocenters. The van der Waals surface area contributed by atoms with E-state index in [1.807, 2.05) is 48.5 Å². The van der Waals surface area contributed by atoms with Crippen LogP contribution in [0, 0.1) is 0 Å². The fourth-order valence-electron chi connectivity index (χ4n) is 3.45. The van der Waals surface area contributed by atoms with Crippen LogP contribution in [-0.2, 0) is 20.9 Å². The quantitative estimate of drug-likeness (QED) is 0.663. The highest BCUT2D eigenvalue weighted by Crippen LogP contribution is 2.42. The van der Waals surface area contributed by atoms with E-state index in [9.17, 15) is 9.59 Å². The van der Waals surface area contributed by atoms with E-state index < -0.39 is 12.0 Å². The number of allylic oxidation sites excluding steroid dienone is 1. The number of halogens is 1. The molecule has 0 aliphatic carbocycles. The molecule has 0 saturated carbocycles. The van der Waals surface area contributed by atoms with Crippen LogP contribution in [0.1, 0.15) is 30.5 Å². The minimum absolute atomic E-state index is 0.0757. The summed E-state index contributed by atoms with van der Waals surface area (Å²) in [7, 11) is 0. The van der Waals surface area contributed by atoms with Crippen LogP contribution in [0.5, 0.6) is 0 Å². The lowest BCUT2D eigenvalue weighted by Gasteiger charge is -2.39. The summed E-state index contributed by atoms with van der Waals surface area (Å²) in [6.07, 6.45) is 0.385. The Morgan fingerprint density at radius 2 is 1.93 bits per heavy atom. The van der Waals surface area contributed by atoms with Crippen molar-refractivity contribution < 1.29 is 14.3 Å². The van der Waals surface area contributed by atoms with Gasteiger partial charge in [-0.2, -0.15) is 0 Å². The van der Waals surface area contributed by atoms with E-state index in [1.54, 1.807) is 17.9 Å². The summed E-state index contributed by atoms with van der Waals surface area (Å²) < 4.78 is 5.59. The molecule has 5 nitrogen and oxygen atoms in total. The van der Waals surface area contributed by atoms with Crippen LogP contribution in [0.2, 0.25) is 5.02 Å². The topological polar surface area (TPSA) is 59.0 Å². The number of carbonyl (C=O) groups excluding carboxylic acids is 2. The lowest BCUT2D eigenvalue weighted by Crippen LogP contribution is -2.45. The lowest BCUT2D eigenvalue weighted by molar-refractivity contribution is -0.141. The van der Waals surface area contributed by atoms with E-state index in [1.165, 1.54) is 11.8 Å². The molecule has 1 amide bonds. The molecule has 0 N–H and O–H groups in total. The van der Waals surface area contributed by atoms with Crippen molar-refractivity contribution in [2.24, 2.45) is 4.99 Å². The lowest BCUT2D eigenvalue weighted by atomic mass is 9.94. The number of esters is 1. The number of nitrogens with zero attached hydrogens (tertiary/aromatic N) is 2. The van der Waals surface area contributed by atoms with Gasteiger partial charge in [-0.25, -0.2) is 9.79 Å². The predicted molar refractivity (Wildman–Crippen MR) is 114 cm³/mol. The summed E-state index contributed by atoms with van der Waals surface area (Å²) in [6.45, 7) is 1.91. The molecule has 1 fully saturated rings. The van der Waals surface area contributed by atoms with Gasteiger partial charge in [0.2, 0.25) is 5.91 Å². The summed E-state index contributed by atoms with van der Waals surface area (Å²) in [5, 5.41) is 1.09. The highest BCUT2D eigenvalue weighted by atomic mass is 35.5. The summed E-state index contributed by atoms with van der Waals surface area (Å²) >= 11 is 7.98. The van der Waals surface area contributed by atoms with Crippen molar-refractivity contribution in [2.45, 2.75) is 26.0 Å². The Balaban J connectivity index is 1.73. The van der Waals surface area contributed by atoms with Crippen molar-refractivity contribution in [1.29, 1.82) is 0 Å². The number of rotatable bonds is 4. The van der Waals surface area contributed by atoms with Gasteiger partial charge in [0, 0.05) is 17.2 Å². The summed E-state index contributed by atoms with van der Waals surface area (Å²) in [5.41, 5.74) is 2.46. The number of hydrogen-bond donors (Lipinski definition) is 0. The third-order valence-corrected chi connectivity index (χ3v) is 6.14. The molecule has 2 aromatic rings. The van der Waals surface area contributed by atoms with E-state index in [2.05, 4.69) is 4.99 Å². The molecule has 7 heteroatoms. The Kier molecular flexibility index (Phi) is 5.74. The molecule has 2 aromatic carbocycles. The van der Waals surface area contributed by atoms with Crippen LogP contribution in [0.25, 0.3) is 0 Å². The molecule has 0 unspecified atom stereocenters. The molecular weight excluding hydrogens is 408 g/mol. The van der Waals surface area contributed by atoms with Crippen molar-refractivity contribution in [3.8, 4) is 0 Å². The first-order valence-electron chi connectivity index (χ1n) is 9.26. The van der Waals surface area contributed by atoms with Gasteiger partial charge in [0.25, 0.3) is 0 Å². The number of carbonyl (C=O) groups is 2. The molecule has 0 spiro atoms. The molecule has 0 aromatic heterocycles. The Morgan fingerprint density at radius 1 is 1.21 bits per heavy atom. The number of thioether (sulfide) groups is 1. The largest absolute Gasteiger partial charge is 0.457 e. The standard InChI is InChI=1S/C22H19ClN2O3S/c1-14-19(21(27)28-13-15-7-3-2-4-8-15)20(16-9-5-6-10-17(16)23)25-18(26)11-12-29-22(25)24-14/h2-10,20H,11-13H2,1H3/t20-/m1/s1. The Labute approximate surface area is 178 Å². The molecule has 0 radical (unpaired) electrons. The van der Waals surface area contributed by atoms with Crippen LogP contribution in [0.3, 0.4) is 0 Å². The van der Waals surface area contributed by atoms with Gasteiger partial charge in [0.05, 0.1) is 17.3 Å². The second-order valence-corrected chi connectivity index (χ2v) is 8.21. The first-order valence-corrected chi connectivity index (χ1v) is 10.6. The van der Waals surface area contributed by atoms with Gasteiger partial charge >= 0.3 is 5.97 Å². The second-order valence-electron chi connectivity index (χ2n) is 6.74. The molecule has 2 heterocycles. The maximum atomic E-state index is 13.1. The van der Waals surface area contributed by atoms with E-state index in [0.717, 1.165) is 5.56 Å². The van der Waals surface area contributed by atoms with Crippen molar-refractivity contribution in [3.05, 3.63) is 82.0 Å². The Morgan fingerprint density at radius 3 is 2.69 bits per heavy atom. The Bertz CT molecular complexity index is 1020. The van der Waals surface area contributed by atoms with E-state index in [0.29, 0.717) is 39.2 Å². The van der Waals surface area contributed by atoms with Crippen molar-refractivity contribution in [2.75, 3.05) is 5.75 Å². The normalized spacial score (nSPS) is 19.0. The van der Waals surface area contributed by atoms with Crippen LogP contribution < -0.4 is 0 Å². The first kappa shape index (κ1) is 19.7. The van der Waals surface area contributed by atoms with Crippen molar-refractivity contribution in [1.82, 2.24) is 4.90 Å². The van der Waals surface area contributed by atoms with Gasteiger partial charge in [0.15, 0.2) is 5.17 Å². The molecule has 2 aliphatic rings. The van der Waals surface area contributed by atoms with Gasteiger partial charge < -0.3 is 4.74 Å². The number of hydrogen-bond acceptors (Lipinski definition) is 5. The average Bonchev–Trinajstić information content (AvgIpc) is 2.72. The fourth-order valence-corrected chi connectivity index (χ4v) is 4.70. The van der Waals surface area contributed by atoms with E-state index in [4.69, 9.17) is 16.3 Å². The van der Waals surface area contributed by atoms with Crippen LogP contribution in [0.15, 0.2) is 70.9 Å². The van der Waals surface area contributed by atoms with Crippen molar-refractivity contribution in [3.63, 3.8) is 0 Å². The summed E-state index contributed by atoms with van der Waals surface area (Å²) in [6, 6.07) is 16.1. The van der Waals surface area contributed by atoms with Gasteiger partial charge in [-0.3, -0.25) is 9.69 Å². The van der Waals surface area contributed by atoms with Gasteiger partial charge in [-0.1, -0.05) is 71.9 Å². The minimum atomic E-state index is -0.653. The number of amidine groups is 1. The zero-order valence-corrected chi connectivity index (χ0v) is 17.4. The maximum absolute atomic E-state index is 13.1. The average molecular weight is 427 g/mol. The van der Waals surface area contributed by atoms with Crippen LogP contribution >= 0.6 is 23.4 Å². The zero-order chi connectivity index (χ0) is 20.4. The Hall–Kier alpha value is -2.57. The van der Waals surface area contributed by atoms with E-state index in [-0.39, 0.29) is 12.5 Å². The second kappa shape index (κ2) is 8.43. The molecule has 2 aliphatic heterocycles. The first-order chi connectivity index (χ1) is 14.1. The zero-order valence-electron chi connectivity index (χ0n) is 15.8. The van der Waals surface area contributed by atoms with E-state index >= 15 is 0 Å². The highest BCUT2D eigenvalue weighted by molar-refractivity contribution is 8.14. The predicted octanol–water partition coefficient (Wildman–Crippen LogP) is 4.73. The summed E-state index contributed by atoms with van der Waals surface area (Å²) in [5.74, 6) is 0.0977. The number of aliphatic imine (C=N–C) groups is 1. The fraction of sp³-hybridized carbons (Fsp3) is 0.227. The third kappa shape index (κ3) is 3.95. The van der Waals surface area contributed by atoms with Crippen LogP contribution in [0.4, 0.5) is 0 Å². The molecular formula is C22H19ClN2O3S. The van der Waals surface area contributed by atoms with Gasteiger partial charge in [-0.15, -0.1) is 0 Å². The molecule has 0 bridgehead atoms. The molecule has 148 valence electrons. The van der Waals surface area contributed by atoms with Crippen LogP contribution in [-0.4, -0.2) is 27.7 Å². The highest BCUT2D eigenvalue weighted by Gasteiger charge is 2.42. The smallest absolute Gasteiger partial charge is 0.338 e. The number of fused-ring (bicyclic) bond motifs is 1. The van der Waals surface area contributed by atoms with Crippen molar-refractivity contribution >= 4 is 40.4 Å². The maximum Gasteiger partial charge on any atom is 0.338 e. The number of amides is 1. The number of benzene rings is 2. The third-order valence-electron chi connectivity index (χ3n) is 4.84. The number of ether oxygens (including phenoxy) is 1. The monoisotopic (exact) mass is 426 g/mol. The minimum Gasteiger partial charge on any atom is -0.457 e. The SMILES string of the molecule is CC1=C(C(=O)OCc2ccccc2)[C@@H](c2ccccc2Cl)N2C(=O)CCSC2=N1. The molecule has 1 saturated heterocycles. The molecule has 4 rings (SSSR count). The summed E-state index contributed by atoms with van der Waals surface area (Å²) in [4.78, 5) is 32.0. The van der Waals surface area contributed by atoms with Gasteiger partial charge in [0.1, 0.15) is 6.61 Å². The van der Waals surface area contributed by atoms with Gasteiger partial charge in [-0.05, 0) is 24.1 Å².